The van der Waals surface area contributed by atoms with Gasteiger partial charge in [0.2, 0.25) is 5.95 Å². The van der Waals surface area contributed by atoms with Crippen molar-refractivity contribution in [1.82, 2.24) is 29.5 Å². The molecule has 1 saturated carbocycles. The molecular weight excluding hydrogens is 434 g/mol. The predicted octanol–water partition coefficient (Wildman–Crippen LogP) is 2.96. The van der Waals surface area contributed by atoms with Crippen LogP contribution in [0.3, 0.4) is 0 Å². The highest BCUT2D eigenvalue weighted by Crippen LogP contribution is 2.32. The molecule has 0 radical (unpaired) electrons. The third-order valence-electron chi connectivity index (χ3n) is 7.01. The van der Waals surface area contributed by atoms with E-state index in [0.29, 0.717) is 60.2 Å². The first-order chi connectivity index (χ1) is 16.4. The highest BCUT2D eigenvalue weighted by atomic mass is 16.5. The minimum absolute atomic E-state index is 0.0184. The molecule has 10 nitrogen and oxygen atoms in total. The van der Waals surface area contributed by atoms with Gasteiger partial charge in [-0.2, -0.15) is 4.98 Å². The van der Waals surface area contributed by atoms with Gasteiger partial charge >= 0.3 is 0 Å². The number of pyridine rings is 2. The summed E-state index contributed by atoms with van der Waals surface area (Å²) in [5, 5.41) is 20.0. The number of rotatable bonds is 5. The topological polar surface area (TPSA) is 125 Å². The van der Waals surface area contributed by atoms with Crippen LogP contribution in [0.5, 0.6) is 0 Å². The SMILES string of the molecule is CC(=O)c1c(C)c2cnc(Nc3ccc([N+]4([O-])CCNCC4)cn3)nc2n(C2CCCC2)c1=O. The second kappa shape index (κ2) is 8.86. The van der Waals surface area contributed by atoms with Crippen LogP contribution in [-0.2, 0) is 0 Å². The van der Waals surface area contributed by atoms with E-state index >= 15 is 0 Å². The number of aryl methyl sites for hydroxylation is 1. The molecule has 0 atom stereocenters. The Morgan fingerprint density at radius 3 is 2.56 bits per heavy atom. The molecule has 1 saturated heterocycles. The predicted molar refractivity (Wildman–Crippen MR) is 131 cm³/mol. The molecule has 10 heteroatoms. The quantitative estimate of drug-likeness (QED) is 0.336. The number of carbonyl (C=O) groups is 1. The number of aromatic nitrogens is 4. The maximum atomic E-state index is 13.3. The largest absolute Gasteiger partial charge is 0.627 e. The average molecular weight is 464 g/mol. The van der Waals surface area contributed by atoms with Crippen molar-refractivity contribution in [1.29, 1.82) is 0 Å². The van der Waals surface area contributed by atoms with Gasteiger partial charge in [-0.15, -0.1) is 0 Å². The molecule has 3 aromatic heterocycles. The first-order valence-electron chi connectivity index (χ1n) is 11.8. The normalized spacial score (nSPS) is 18.3. The molecule has 0 aromatic carbocycles. The van der Waals surface area contributed by atoms with E-state index in [0.717, 1.165) is 25.7 Å². The van der Waals surface area contributed by atoms with Gasteiger partial charge in [0, 0.05) is 36.8 Å². The standard InChI is InChI=1S/C24H29N7O3/c1-15-19-14-27-24(28-20-8-7-18(13-26-20)31(34)11-9-25-10-12-31)29-22(19)30(17-5-3-4-6-17)23(33)21(15)16(2)32/h7-8,13-14,17,25H,3-6,9-12H2,1-2H3,(H,26,27,28,29). The van der Waals surface area contributed by atoms with Gasteiger partial charge in [0.15, 0.2) is 11.5 Å². The summed E-state index contributed by atoms with van der Waals surface area (Å²) < 4.78 is 1.30. The lowest BCUT2D eigenvalue weighted by molar-refractivity contribution is 0.101. The van der Waals surface area contributed by atoms with Crippen molar-refractivity contribution in [3.05, 3.63) is 51.2 Å². The fourth-order valence-electron chi connectivity index (χ4n) is 5.14. The van der Waals surface area contributed by atoms with Gasteiger partial charge in [0.1, 0.15) is 11.5 Å². The van der Waals surface area contributed by atoms with Gasteiger partial charge in [-0.25, -0.2) is 9.97 Å². The molecule has 1 aliphatic heterocycles. The number of quaternary nitrogens is 1. The van der Waals surface area contributed by atoms with Crippen molar-refractivity contribution >= 4 is 34.3 Å². The Balaban J connectivity index is 1.51. The van der Waals surface area contributed by atoms with E-state index in [4.69, 9.17) is 0 Å². The monoisotopic (exact) mass is 463 g/mol. The molecule has 2 N–H and O–H groups in total. The summed E-state index contributed by atoms with van der Waals surface area (Å²) in [6.45, 7) is 5.51. The first kappa shape index (κ1) is 22.6. The lowest BCUT2D eigenvalue weighted by Crippen LogP contribution is -2.55. The molecule has 2 aliphatic rings. The van der Waals surface area contributed by atoms with E-state index < -0.39 is 4.65 Å². The van der Waals surface area contributed by atoms with Crippen LogP contribution < -0.4 is 20.8 Å². The molecule has 4 heterocycles. The summed E-state index contributed by atoms with van der Waals surface area (Å²) in [7, 11) is 0. The van der Waals surface area contributed by atoms with Crippen molar-refractivity contribution in [3.63, 3.8) is 0 Å². The number of piperazine rings is 1. The summed E-state index contributed by atoms with van der Waals surface area (Å²) in [5.74, 6) is 0.574. The Bertz CT molecular complexity index is 1290. The molecule has 0 amide bonds. The summed E-state index contributed by atoms with van der Waals surface area (Å²) in [5.41, 5.74) is 1.68. The third-order valence-corrected chi connectivity index (χ3v) is 7.01. The van der Waals surface area contributed by atoms with Crippen LogP contribution in [-0.4, -0.2) is 51.5 Å². The molecule has 3 aromatic rings. The minimum atomic E-state index is -0.391. The van der Waals surface area contributed by atoms with Crippen LogP contribution in [0.25, 0.3) is 11.0 Å². The van der Waals surface area contributed by atoms with Gasteiger partial charge in [-0.1, -0.05) is 12.8 Å². The van der Waals surface area contributed by atoms with Gasteiger partial charge < -0.3 is 20.5 Å². The smallest absolute Gasteiger partial charge is 0.263 e. The minimum Gasteiger partial charge on any atom is -0.627 e. The van der Waals surface area contributed by atoms with Gasteiger partial charge in [0.05, 0.1) is 24.8 Å². The maximum Gasteiger partial charge on any atom is 0.263 e. The van der Waals surface area contributed by atoms with Crippen molar-refractivity contribution < 1.29 is 4.79 Å². The number of fused-ring (bicyclic) bond motifs is 1. The average Bonchev–Trinajstić information content (AvgIpc) is 3.34. The van der Waals surface area contributed by atoms with Crippen molar-refractivity contribution in [2.75, 3.05) is 31.5 Å². The fraction of sp³-hybridized carbons (Fsp3) is 0.458. The van der Waals surface area contributed by atoms with Crippen LogP contribution >= 0.6 is 0 Å². The molecule has 178 valence electrons. The first-order valence-corrected chi connectivity index (χ1v) is 11.8. The highest BCUT2D eigenvalue weighted by molar-refractivity contribution is 5.99. The van der Waals surface area contributed by atoms with Crippen LogP contribution in [0.2, 0.25) is 0 Å². The number of nitrogens with one attached hydrogen (secondary N) is 2. The molecule has 0 spiro atoms. The summed E-state index contributed by atoms with van der Waals surface area (Å²) in [6, 6.07) is 3.55. The van der Waals surface area contributed by atoms with Gasteiger partial charge in [0.25, 0.3) is 5.56 Å². The third kappa shape index (κ3) is 3.97. The maximum absolute atomic E-state index is 13.3. The van der Waals surface area contributed by atoms with Crippen LogP contribution in [0.15, 0.2) is 29.3 Å². The van der Waals surface area contributed by atoms with E-state index in [1.54, 1.807) is 36.0 Å². The molecule has 0 unspecified atom stereocenters. The van der Waals surface area contributed by atoms with E-state index in [9.17, 15) is 14.8 Å². The van der Waals surface area contributed by atoms with E-state index in [2.05, 4.69) is 25.6 Å². The summed E-state index contributed by atoms with van der Waals surface area (Å²) in [4.78, 5) is 39.1. The molecule has 0 bridgehead atoms. The zero-order valence-corrected chi connectivity index (χ0v) is 19.5. The number of Topliss-reactive ketones (excluding diaryl/α,β-unsaturated/α-hetero) is 1. The molecule has 1 aliphatic carbocycles. The number of hydrogen-bond acceptors (Lipinski definition) is 8. The Morgan fingerprint density at radius 1 is 1.18 bits per heavy atom. The second-order valence-electron chi connectivity index (χ2n) is 9.21. The van der Waals surface area contributed by atoms with Gasteiger partial charge in [-0.3, -0.25) is 14.2 Å². The number of nitrogens with zero attached hydrogens (tertiary/aromatic N) is 5. The zero-order chi connectivity index (χ0) is 23.9. The molecule has 34 heavy (non-hydrogen) atoms. The van der Waals surface area contributed by atoms with Crippen molar-refractivity contribution in [2.45, 2.75) is 45.6 Å². The van der Waals surface area contributed by atoms with Crippen LogP contribution in [0.1, 0.15) is 54.6 Å². The number of carbonyl (C=O) groups excluding carboxylic acids is 1. The van der Waals surface area contributed by atoms with Crippen molar-refractivity contribution in [2.24, 2.45) is 0 Å². The molecule has 2 fully saturated rings. The fourth-order valence-corrected chi connectivity index (χ4v) is 5.14. The van der Waals surface area contributed by atoms with Crippen LogP contribution in [0.4, 0.5) is 17.5 Å². The number of anilines is 2. The Labute approximate surface area is 197 Å². The van der Waals surface area contributed by atoms with E-state index in [-0.39, 0.29) is 22.9 Å². The zero-order valence-electron chi connectivity index (χ0n) is 19.5. The van der Waals surface area contributed by atoms with Crippen molar-refractivity contribution in [3.8, 4) is 0 Å². The number of hydroxylamine groups is 2. The summed E-state index contributed by atoms with van der Waals surface area (Å²) >= 11 is 0. The summed E-state index contributed by atoms with van der Waals surface area (Å²) in [6.07, 6.45) is 7.11. The Kier molecular flexibility index (Phi) is 5.88. The number of hydrogen-bond donors (Lipinski definition) is 2. The van der Waals surface area contributed by atoms with Crippen LogP contribution in [0, 0.1) is 12.1 Å². The molecular formula is C24H29N7O3. The lowest BCUT2D eigenvalue weighted by atomic mass is 10.0. The Hall–Kier alpha value is -3.21. The van der Waals surface area contributed by atoms with E-state index in [1.807, 2.05) is 0 Å². The Morgan fingerprint density at radius 2 is 1.91 bits per heavy atom. The molecule has 5 rings (SSSR count). The second-order valence-corrected chi connectivity index (χ2v) is 9.21. The highest BCUT2D eigenvalue weighted by Gasteiger charge is 2.26. The van der Waals surface area contributed by atoms with Gasteiger partial charge in [-0.05, 0) is 38.3 Å². The lowest BCUT2D eigenvalue weighted by Gasteiger charge is -2.44. The number of ketones is 1. The van der Waals surface area contributed by atoms with E-state index in [1.165, 1.54) is 6.92 Å².